The van der Waals surface area contributed by atoms with Gasteiger partial charge in [0, 0.05) is 18.7 Å². The Morgan fingerprint density at radius 1 is 1.03 bits per heavy atom. The maximum absolute atomic E-state index is 13.1. The molecule has 30 heavy (non-hydrogen) atoms. The molecule has 1 fully saturated rings. The van der Waals surface area contributed by atoms with E-state index in [1.165, 1.54) is 12.1 Å². The number of hydrogen-bond acceptors (Lipinski definition) is 3. The van der Waals surface area contributed by atoms with E-state index in [4.69, 9.17) is 9.72 Å². The van der Waals surface area contributed by atoms with Crippen LogP contribution in [0.3, 0.4) is 0 Å². The summed E-state index contributed by atoms with van der Waals surface area (Å²) < 4.78 is 18.8. The molecule has 1 amide bonds. The summed E-state index contributed by atoms with van der Waals surface area (Å²) in [6, 6.07) is 22.0. The Labute approximate surface area is 176 Å². The average Bonchev–Trinajstić information content (AvgIpc) is 3.26. The Kier molecular flexibility index (Phi) is 6.38. The zero-order chi connectivity index (χ0) is 20.8. The fraction of sp³-hybridized carbons (Fsp3) is 0.280. The summed E-state index contributed by atoms with van der Waals surface area (Å²) in [7, 11) is 0. The molecule has 5 heteroatoms. The second-order valence-electron chi connectivity index (χ2n) is 7.51. The minimum atomic E-state index is -0.239. The van der Waals surface area contributed by atoms with Crippen molar-refractivity contribution >= 4 is 5.91 Å². The van der Waals surface area contributed by atoms with E-state index in [1.54, 1.807) is 12.1 Å². The third-order valence-electron chi connectivity index (χ3n) is 5.37. The summed E-state index contributed by atoms with van der Waals surface area (Å²) in [5.41, 5.74) is 2.86. The van der Waals surface area contributed by atoms with Gasteiger partial charge in [0.15, 0.2) is 0 Å². The molecule has 2 heterocycles. The molecule has 0 unspecified atom stereocenters. The van der Waals surface area contributed by atoms with Crippen molar-refractivity contribution in [2.75, 3.05) is 13.2 Å². The van der Waals surface area contributed by atoms with Gasteiger partial charge >= 0.3 is 0 Å². The molecule has 1 aliphatic heterocycles. The molecule has 0 N–H and O–H groups in total. The van der Waals surface area contributed by atoms with Crippen LogP contribution in [0, 0.1) is 5.82 Å². The van der Waals surface area contributed by atoms with Gasteiger partial charge in [0.2, 0.25) is 5.91 Å². The van der Waals surface area contributed by atoms with E-state index in [0.29, 0.717) is 19.4 Å². The number of rotatable bonds is 7. The average molecular weight is 404 g/mol. The molecular formula is C25H25FN2O2. The summed E-state index contributed by atoms with van der Waals surface area (Å²) in [4.78, 5) is 19.6. The van der Waals surface area contributed by atoms with Crippen LogP contribution in [-0.2, 0) is 11.2 Å². The van der Waals surface area contributed by atoms with Crippen molar-refractivity contribution in [3.63, 3.8) is 0 Å². The quantitative estimate of drug-likeness (QED) is 0.560. The summed E-state index contributed by atoms with van der Waals surface area (Å²) in [5, 5.41) is 0. The predicted octanol–water partition coefficient (Wildman–Crippen LogP) is 4.94. The van der Waals surface area contributed by atoms with Gasteiger partial charge in [-0.1, -0.05) is 36.4 Å². The fourth-order valence-electron chi connectivity index (χ4n) is 3.88. The van der Waals surface area contributed by atoms with Gasteiger partial charge < -0.3 is 9.64 Å². The highest BCUT2D eigenvalue weighted by Gasteiger charge is 2.30. The number of pyridine rings is 1. The number of aromatic nitrogens is 1. The molecule has 3 aromatic rings. The first-order chi connectivity index (χ1) is 14.7. The second-order valence-corrected chi connectivity index (χ2v) is 7.51. The Hall–Kier alpha value is -3.21. The largest absolute Gasteiger partial charge is 0.493 e. The number of carbonyl (C=O) groups is 1. The van der Waals surface area contributed by atoms with E-state index in [1.807, 2.05) is 53.4 Å². The molecule has 1 aromatic heterocycles. The zero-order valence-corrected chi connectivity index (χ0v) is 16.8. The smallest absolute Gasteiger partial charge is 0.226 e. The van der Waals surface area contributed by atoms with Gasteiger partial charge in [-0.05, 0) is 54.8 Å². The van der Waals surface area contributed by atoms with Crippen molar-refractivity contribution in [1.29, 1.82) is 0 Å². The summed E-state index contributed by atoms with van der Waals surface area (Å²) in [6.07, 6.45) is 2.87. The lowest BCUT2D eigenvalue weighted by atomic mass is 10.1. The molecular weight excluding hydrogens is 379 g/mol. The molecule has 0 bridgehead atoms. The zero-order valence-electron chi connectivity index (χ0n) is 16.8. The van der Waals surface area contributed by atoms with Gasteiger partial charge in [0.05, 0.1) is 24.8 Å². The molecule has 0 radical (unpaired) electrons. The highest BCUT2D eigenvalue weighted by Crippen LogP contribution is 2.31. The van der Waals surface area contributed by atoms with E-state index in [-0.39, 0.29) is 17.8 Å². The molecule has 1 atom stereocenters. The topological polar surface area (TPSA) is 42.4 Å². The van der Waals surface area contributed by atoms with Gasteiger partial charge in [-0.2, -0.15) is 0 Å². The van der Waals surface area contributed by atoms with Crippen molar-refractivity contribution in [3.8, 4) is 5.75 Å². The number of likely N-dealkylation sites (tertiary alicyclic amines) is 1. The Morgan fingerprint density at radius 2 is 1.83 bits per heavy atom. The van der Waals surface area contributed by atoms with Crippen LogP contribution in [0.2, 0.25) is 0 Å². The first-order valence-electron chi connectivity index (χ1n) is 10.4. The molecule has 0 spiro atoms. The molecule has 2 aromatic carbocycles. The van der Waals surface area contributed by atoms with E-state index < -0.39 is 0 Å². The van der Waals surface area contributed by atoms with Gasteiger partial charge in [0.25, 0.3) is 0 Å². The minimum absolute atomic E-state index is 0.00222. The van der Waals surface area contributed by atoms with Gasteiger partial charge in [-0.3, -0.25) is 9.78 Å². The van der Waals surface area contributed by atoms with Gasteiger partial charge in [0.1, 0.15) is 11.6 Å². The standard InChI is InChI=1S/C25H25FN2O2/c26-20-13-11-19(12-14-20)18-21-6-4-9-23(27-21)24-10-5-16-28(24)25(29)15-17-30-22-7-2-1-3-8-22/h1-4,6-9,11-14,24H,5,10,15-18H2/t24-/m0/s1. The molecule has 154 valence electrons. The van der Waals surface area contributed by atoms with Crippen LogP contribution >= 0.6 is 0 Å². The predicted molar refractivity (Wildman–Crippen MR) is 114 cm³/mol. The maximum atomic E-state index is 13.1. The normalized spacial score (nSPS) is 15.9. The number of hydrogen-bond donors (Lipinski definition) is 0. The lowest BCUT2D eigenvalue weighted by Crippen LogP contribution is -2.32. The minimum Gasteiger partial charge on any atom is -0.493 e. The maximum Gasteiger partial charge on any atom is 0.226 e. The number of nitrogens with zero attached hydrogens (tertiary/aromatic N) is 2. The van der Waals surface area contributed by atoms with E-state index in [2.05, 4.69) is 0 Å². The van der Waals surface area contributed by atoms with Crippen LogP contribution < -0.4 is 4.74 Å². The number of benzene rings is 2. The first-order valence-corrected chi connectivity index (χ1v) is 10.4. The van der Waals surface area contributed by atoms with Crippen molar-refractivity contribution in [3.05, 3.63) is 95.6 Å². The molecule has 0 aliphatic carbocycles. The number of carbonyl (C=O) groups excluding carboxylic acids is 1. The lowest BCUT2D eigenvalue weighted by molar-refractivity contribution is -0.132. The van der Waals surface area contributed by atoms with Crippen LogP contribution in [0.15, 0.2) is 72.8 Å². The lowest BCUT2D eigenvalue weighted by Gasteiger charge is -2.25. The van der Waals surface area contributed by atoms with Crippen LogP contribution in [0.4, 0.5) is 4.39 Å². The van der Waals surface area contributed by atoms with E-state index in [0.717, 1.165) is 42.1 Å². The molecule has 4 nitrogen and oxygen atoms in total. The van der Waals surface area contributed by atoms with Crippen LogP contribution in [0.25, 0.3) is 0 Å². The van der Waals surface area contributed by atoms with E-state index in [9.17, 15) is 9.18 Å². The Morgan fingerprint density at radius 3 is 2.63 bits per heavy atom. The summed E-state index contributed by atoms with van der Waals surface area (Å²) in [6.45, 7) is 1.11. The van der Waals surface area contributed by atoms with Crippen molar-refractivity contribution in [2.45, 2.75) is 31.7 Å². The van der Waals surface area contributed by atoms with Gasteiger partial charge in [-0.25, -0.2) is 4.39 Å². The summed E-state index contributed by atoms with van der Waals surface area (Å²) >= 11 is 0. The SMILES string of the molecule is O=C(CCOc1ccccc1)N1CCC[C@H]1c1cccc(Cc2ccc(F)cc2)n1. The second kappa shape index (κ2) is 9.53. The highest BCUT2D eigenvalue weighted by molar-refractivity contribution is 5.77. The number of para-hydroxylation sites is 1. The Balaban J connectivity index is 1.38. The molecule has 1 aliphatic rings. The monoisotopic (exact) mass is 404 g/mol. The third kappa shape index (κ3) is 5.03. The van der Waals surface area contributed by atoms with Crippen LogP contribution in [0.1, 0.15) is 42.3 Å². The van der Waals surface area contributed by atoms with Crippen molar-refractivity contribution in [2.24, 2.45) is 0 Å². The molecule has 1 saturated heterocycles. The van der Waals surface area contributed by atoms with Crippen LogP contribution in [-0.4, -0.2) is 28.9 Å². The Bertz CT molecular complexity index is 976. The van der Waals surface area contributed by atoms with Gasteiger partial charge in [-0.15, -0.1) is 0 Å². The summed E-state index contributed by atoms with van der Waals surface area (Å²) in [5.74, 6) is 0.634. The third-order valence-corrected chi connectivity index (χ3v) is 5.37. The van der Waals surface area contributed by atoms with E-state index >= 15 is 0 Å². The van der Waals surface area contributed by atoms with Crippen molar-refractivity contribution < 1.29 is 13.9 Å². The first kappa shape index (κ1) is 20.1. The number of ether oxygens (including phenoxy) is 1. The highest BCUT2D eigenvalue weighted by atomic mass is 19.1. The fourth-order valence-corrected chi connectivity index (χ4v) is 3.88. The molecule has 0 saturated carbocycles. The molecule has 4 rings (SSSR count). The number of halogens is 1. The van der Waals surface area contributed by atoms with Crippen molar-refractivity contribution in [1.82, 2.24) is 9.88 Å². The van der Waals surface area contributed by atoms with Crippen LogP contribution in [0.5, 0.6) is 5.75 Å². The number of amides is 1.